The van der Waals surface area contributed by atoms with Crippen molar-refractivity contribution >= 4 is 11.9 Å². The molecule has 0 bridgehead atoms. The summed E-state index contributed by atoms with van der Waals surface area (Å²) >= 11 is 0. The monoisotopic (exact) mass is 240 g/mol. The molecule has 1 rings (SSSR count). The van der Waals surface area contributed by atoms with Crippen molar-refractivity contribution in [2.75, 3.05) is 6.61 Å². The molecule has 1 aromatic heterocycles. The van der Waals surface area contributed by atoms with E-state index in [9.17, 15) is 9.59 Å². The molecular weight excluding hydrogens is 224 g/mol. The molecule has 0 aliphatic carbocycles. The average Bonchev–Trinajstić information content (AvgIpc) is 2.81. The van der Waals surface area contributed by atoms with Gasteiger partial charge in [-0.05, 0) is 18.6 Å². The first kappa shape index (κ1) is 13.3. The van der Waals surface area contributed by atoms with Crippen LogP contribution in [0.2, 0.25) is 0 Å². The highest BCUT2D eigenvalue weighted by Gasteiger charge is 2.12. The summed E-state index contributed by atoms with van der Waals surface area (Å²) in [5.41, 5.74) is 0. The Kier molecular flexibility index (Phi) is 5.26. The smallest absolute Gasteiger partial charge is 0.374 e. The van der Waals surface area contributed by atoms with Crippen LogP contribution in [-0.4, -0.2) is 18.5 Å². The fraction of sp³-hybridized carbons (Fsp3) is 0.500. The summed E-state index contributed by atoms with van der Waals surface area (Å²) in [5, 5.41) is 0. The molecule has 0 saturated heterocycles. The first-order valence-electron chi connectivity index (χ1n) is 5.58. The molecule has 0 atom stereocenters. The van der Waals surface area contributed by atoms with E-state index in [0.29, 0.717) is 18.8 Å². The second-order valence-corrected chi connectivity index (χ2v) is 3.42. The van der Waals surface area contributed by atoms with Crippen LogP contribution in [0, 0.1) is 0 Å². The van der Waals surface area contributed by atoms with Crippen LogP contribution in [0.15, 0.2) is 16.5 Å². The zero-order chi connectivity index (χ0) is 12.7. The highest BCUT2D eigenvalue weighted by atomic mass is 16.6. The molecule has 0 spiro atoms. The highest BCUT2D eigenvalue weighted by molar-refractivity contribution is 5.86. The Morgan fingerprint density at radius 3 is 2.65 bits per heavy atom. The van der Waals surface area contributed by atoms with Crippen LogP contribution in [0.1, 0.15) is 43.0 Å². The highest BCUT2D eigenvalue weighted by Crippen LogP contribution is 2.11. The maximum atomic E-state index is 11.4. The van der Waals surface area contributed by atoms with Crippen molar-refractivity contribution in [1.29, 1.82) is 0 Å². The predicted octanol–water partition coefficient (Wildman–Crippen LogP) is 2.30. The normalized spacial score (nSPS) is 10.0. The zero-order valence-corrected chi connectivity index (χ0v) is 10.0. The molecule has 0 radical (unpaired) electrons. The zero-order valence-electron chi connectivity index (χ0n) is 10.0. The van der Waals surface area contributed by atoms with E-state index in [1.54, 1.807) is 13.0 Å². The van der Waals surface area contributed by atoms with Gasteiger partial charge in [-0.2, -0.15) is 0 Å². The van der Waals surface area contributed by atoms with Gasteiger partial charge >= 0.3 is 11.9 Å². The number of carbonyl (C=O) groups is 2. The lowest BCUT2D eigenvalue weighted by Crippen LogP contribution is -2.04. The Balaban J connectivity index is 2.47. The van der Waals surface area contributed by atoms with Crippen LogP contribution in [0.25, 0.3) is 0 Å². The van der Waals surface area contributed by atoms with E-state index in [1.165, 1.54) is 6.07 Å². The summed E-state index contributed by atoms with van der Waals surface area (Å²) in [5.74, 6) is -0.257. The first-order valence-corrected chi connectivity index (χ1v) is 5.58. The predicted molar refractivity (Wildman–Crippen MR) is 59.4 cm³/mol. The van der Waals surface area contributed by atoms with E-state index in [2.05, 4.69) is 0 Å². The number of furan rings is 1. The molecule has 17 heavy (non-hydrogen) atoms. The second kappa shape index (κ2) is 6.73. The van der Waals surface area contributed by atoms with Crippen LogP contribution in [0.5, 0.6) is 0 Å². The molecule has 0 aliphatic rings. The van der Waals surface area contributed by atoms with E-state index < -0.39 is 5.97 Å². The summed E-state index contributed by atoms with van der Waals surface area (Å²) in [6.45, 7) is 4.01. The van der Waals surface area contributed by atoms with Gasteiger partial charge in [0.2, 0.25) is 5.76 Å². The average molecular weight is 240 g/mol. The molecule has 0 saturated carbocycles. The van der Waals surface area contributed by atoms with Crippen molar-refractivity contribution in [2.45, 2.75) is 33.3 Å². The maximum absolute atomic E-state index is 11.4. The van der Waals surface area contributed by atoms with Gasteiger partial charge in [-0.25, -0.2) is 4.79 Å². The quantitative estimate of drug-likeness (QED) is 0.714. The fourth-order valence-electron chi connectivity index (χ4n) is 1.08. The SMILES string of the molecule is CCCOC(=O)c1ccc(COC(=O)CC)o1. The third kappa shape index (κ3) is 4.30. The van der Waals surface area contributed by atoms with Crippen LogP contribution in [0.3, 0.4) is 0 Å². The number of hydrogen-bond donors (Lipinski definition) is 0. The minimum absolute atomic E-state index is 0.0354. The van der Waals surface area contributed by atoms with Crippen molar-refractivity contribution in [3.05, 3.63) is 23.7 Å². The Morgan fingerprint density at radius 2 is 2.00 bits per heavy atom. The minimum atomic E-state index is -0.500. The standard InChI is InChI=1S/C12H16O5/c1-3-7-15-12(14)10-6-5-9(17-10)8-16-11(13)4-2/h5-6H,3-4,7-8H2,1-2H3. The topological polar surface area (TPSA) is 65.7 Å². The summed E-state index contributed by atoms with van der Waals surface area (Å²) < 4.78 is 14.9. The molecule has 0 fully saturated rings. The van der Waals surface area contributed by atoms with Crippen molar-refractivity contribution in [3.8, 4) is 0 Å². The third-order valence-electron chi connectivity index (χ3n) is 1.96. The summed E-state index contributed by atoms with van der Waals surface area (Å²) in [6.07, 6.45) is 1.07. The van der Waals surface area contributed by atoms with Crippen molar-refractivity contribution < 1.29 is 23.5 Å². The van der Waals surface area contributed by atoms with E-state index >= 15 is 0 Å². The first-order chi connectivity index (χ1) is 8.17. The van der Waals surface area contributed by atoms with Gasteiger partial charge in [-0.3, -0.25) is 4.79 Å². The molecule has 5 heteroatoms. The van der Waals surface area contributed by atoms with Gasteiger partial charge in [0.25, 0.3) is 0 Å². The molecule has 1 aromatic rings. The lowest BCUT2D eigenvalue weighted by molar-refractivity contribution is -0.145. The summed E-state index contributed by atoms with van der Waals surface area (Å²) in [7, 11) is 0. The van der Waals surface area contributed by atoms with Crippen molar-refractivity contribution in [2.24, 2.45) is 0 Å². The van der Waals surface area contributed by atoms with Crippen molar-refractivity contribution in [1.82, 2.24) is 0 Å². The van der Waals surface area contributed by atoms with Gasteiger partial charge in [-0.15, -0.1) is 0 Å². The Hall–Kier alpha value is -1.78. The maximum Gasteiger partial charge on any atom is 0.374 e. The molecule has 94 valence electrons. The Bertz CT molecular complexity index is 380. The van der Waals surface area contributed by atoms with Crippen LogP contribution in [0.4, 0.5) is 0 Å². The second-order valence-electron chi connectivity index (χ2n) is 3.42. The molecular formula is C12H16O5. The number of hydrogen-bond acceptors (Lipinski definition) is 5. The van der Waals surface area contributed by atoms with Crippen LogP contribution in [-0.2, 0) is 20.9 Å². The fourth-order valence-corrected chi connectivity index (χ4v) is 1.08. The van der Waals surface area contributed by atoms with E-state index in [-0.39, 0.29) is 18.3 Å². The van der Waals surface area contributed by atoms with Gasteiger partial charge in [0.15, 0.2) is 0 Å². The molecule has 0 aliphatic heterocycles. The lowest BCUT2D eigenvalue weighted by Gasteiger charge is -2.00. The summed E-state index contributed by atoms with van der Waals surface area (Å²) in [4.78, 5) is 22.3. The lowest BCUT2D eigenvalue weighted by atomic mass is 10.4. The number of esters is 2. The number of rotatable bonds is 6. The number of ether oxygens (including phenoxy) is 2. The summed E-state index contributed by atoms with van der Waals surface area (Å²) in [6, 6.07) is 3.10. The largest absolute Gasteiger partial charge is 0.460 e. The molecule has 0 N–H and O–H groups in total. The van der Waals surface area contributed by atoms with Gasteiger partial charge in [0, 0.05) is 6.42 Å². The van der Waals surface area contributed by atoms with Gasteiger partial charge < -0.3 is 13.9 Å². The van der Waals surface area contributed by atoms with Gasteiger partial charge in [0.05, 0.1) is 6.61 Å². The van der Waals surface area contributed by atoms with Gasteiger partial charge in [-0.1, -0.05) is 13.8 Å². The Morgan fingerprint density at radius 1 is 1.24 bits per heavy atom. The van der Waals surface area contributed by atoms with Crippen LogP contribution < -0.4 is 0 Å². The van der Waals surface area contributed by atoms with Gasteiger partial charge in [0.1, 0.15) is 12.4 Å². The molecule has 1 heterocycles. The third-order valence-corrected chi connectivity index (χ3v) is 1.96. The van der Waals surface area contributed by atoms with E-state index in [1.807, 2.05) is 6.92 Å². The van der Waals surface area contributed by atoms with E-state index in [0.717, 1.165) is 6.42 Å². The minimum Gasteiger partial charge on any atom is -0.460 e. The Labute approximate surface area is 99.7 Å². The number of carbonyl (C=O) groups excluding carboxylic acids is 2. The molecule has 0 aromatic carbocycles. The van der Waals surface area contributed by atoms with Crippen molar-refractivity contribution in [3.63, 3.8) is 0 Å². The molecule has 0 unspecified atom stereocenters. The molecule has 0 amide bonds. The van der Waals surface area contributed by atoms with E-state index in [4.69, 9.17) is 13.9 Å². The molecule has 5 nitrogen and oxygen atoms in total. The van der Waals surface area contributed by atoms with Crippen LogP contribution >= 0.6 is 0 Å².